The summed E-state index contributed by atoms with van der Waals surface area (Å²) in [5, 5.41) is 10.1. The summed E-state index contributed by atoms with van der Waals surface area (Å²) < 4.78 is 0.743. The lowest BCUT2D eigenvalue weighted by atomic mass is 10.1. The van der Waals surface area contributed by atoms with Crippen LogP contribution in [0.5, 0.6) is 0 Å². The highest BCUT2D eigenvalue weighted by Gasteiger charge is 2.18. The van der Waals surface area contributed by atoms with Crippen molar-refractivity contribution in [2.24, 2.45) is 0 Å². The minimum absolute atomic E-state index is 0.0784. The van der Waals surface area contributed by atoms with E-state index in [0.717, 1.165) is 4.34 Å². The van der Waals surface area contributed by atoms with Crippen LogP contribution >= 0.6 is 23.1 Å². The predicted octanol–water partition coefficient (Wildman–Crippen LogP) is 2.86. The Morgan fingerprint density at radius 2 is 2.10 bits per heavy atom. The molecule has 1 aromatic heterocycles. The molecule has 104 valence electrons. The first-order valence-electron chi connectivity index (χ1n) is 5.91. The van der Waals surface area contributed by atoms with Gasteiger partial charge in [-0.05, 0) is 26.0 Å². The van der Waals surface area contributed by atoms with Gasteiger partial charge in [0.25, 0.3) is 0 Å². The standard InChI is InChI=1S/C13H13N3O2S2/c1-8(17)10-5-3-4-6-11(10)15-12(18)9(2)20-13-16-14-7-19-13/h3-7,9H,1-2H3,(H,15,18). The highest BCUT2D eigenvalue weighted by molar-refractivity contribution is 8.02. The molecule has 0 fully saturated rings. The van der Waals surface area contributed by atoms with Crippen LogP contribution in [0.3, 0.4) is 0 Å². The van der Waals surface area contributed by atoms with Crippen LogP contribution in [0.1, 0.15) is 24.2 Å². The number of carbonyl (C=O) groups excluding carboxylic acids is 2. The molecule has 20 heavy (non-hydrogen) atoms. The first kappa shape index (κ1) is 14.7. The molecule has 1 N–H and O–H groups in total. The largest absolute Gasteiger partial charge is 0.324 e. The number of ketones is 1. The summed E-state index contributed by atoms with van der Waals surface area (Å²) in [6.45, 7) is 3.27. The monoisotopic (exact) mass is 307 g/mol. The fourth-order valence-corrected chi connectivity index (χ4v) is 3.18. The third-order valence-electron chi connectivity index (χ3n) is 2.55. The van der Waals surface area contributed by atoms with Crippen LogP contribution < -0.4 is 5.32 Å². The second-order valence-electron chi connectivity index (χ2n) is 4.06. The first-order chi connectivity index (χ1) is 9.58. The average Bonchev–Trinajstić information content (AvgIpc) is 2.91. The van der Waals surface area contributed by atoms with Gasteiger partial charge in [0.15, 0.2) is 10.1 Å². The Labute approximate surface area is 124 Å². The number of rotatable bonds is 5. The minimum Gasteiger partial charge on any atom is -0.324 e. The van der Waals surface area contributed by atoms with E-state index in [-0.39, 0.29) is 16.9 Å². The van der Waals surface area contributed by atoms with E-state index in [0.29, 0.717) is 11.3 Å². The maximum Gasteiger partial charge on any atom is 0.237 e. The number of amides is 1. The van der Waals surface area contributed by atoms with Crippen molar-refractivity contribution in [2.45, 2.75) is 23.4 Å². The van der Waals surface area contributed by atoms with Gasteiger partial charge in [-0.2, -0.15) is 0 Å². The molecule has 0 bridgehead atoms. The summed E-state index contributed by atoms with van der Waals surface area (Å²) in [7, 11) is 0. The molecule has 1 aromatic carbocycles. The van der Waals surface area contributed by atoms with Gasteiger partial charge >= 0.3 is 0 Å². The van der Waals surface area contributed by atoms with E-state index in [1.54, 1.807) is 36.7 Å². The number of para-hydroxylation sites is 1. The van der Waals surface area contributed by atoms with Crippen LogP contribution in [0, 0.1) is 0 Å². The highest BCUT2D eigenvalue weighted by atomic mass is 32.2. The maximum absolute atomic E-state index is 12.1. The normalized spacial score (nSPS) is 11.9. The van der Waals surface area contributed by atoms with E-state index in [9.17, 15) is 9.59 Å². The van der Waals surface area contributed by atoms with Crippen molar-refractivity contribution < 1.29 is 9.59 Å². The Hall–Kier alpha value is -1.73. The molecule has 2 aromatic rings. The zero-order chi connectivity index (χ0) is 14.5. The zero-order valence-corrected chi connectivity index (χ0v) is 12.6. The van der Waals surface area contributed by atoms with Gasteiger partial charge in [0.2, 0.25) is 5.91 Å². The van der Waals surface area contributed by atoms with Crippen molar-refractivity contribution in [1.82, 2.24) is 10.2 Å². The number of hydrogen-bond donors (Lipinski definition) is 1. The van der Waals surface area contributed by atoms with Crippen LogP contribution in [0.15, 0.2) is 34.1 Å². The summed E-state index contributed by atoms with van der Waals surface area (Å²) in [5.41, 5.74) is 2.67. The van der Waals surface area contributed by atoms with E-state index in [4.69, 9.17) is 0 Å². The van der Waals surface area contributed by atoms with E-state index in [1.807, 2.05) is 0 Å². The molecule has 1 atom stereocenters. The van der Waals surface area contributed by atoms with Gasteiger partial charge in [-0.15, -0.1) is 10.2 Å². The van der Waals surface area contributed by atoms with Crippen molar-refractivity contribution in [2.75, 3.05) is 5.32 Å². The van der Waals surface area contributed by atoms with Gasteiger partial charge in [-0.25, -0.2) is 0 Å². The van der Waals surface area contributed by atoms with E-state index >= 15 is 0 Å². The van der Waals surface area contributed by atoms with Gasteiger partial charge in [0.1, 0.15) is 5.51 Å². The van der Waals surface area contributed by atoms with Gasteiger partial charge < -0.3 is 5.32 Å². The molecule has 1 unspecified atom stereocenters. The van der Waals surface area contributed by atoms with Crippen LogP contribution in [-0.4, -0.2) is 27.1 Å². The number of hydrogen-bond acceptors (Lipinski definition) is 6. The van der Waals surface area contributed by atoms with Gasteiger partial charge in [0.05, 0.1) is 10.9 Å². The Balaban J connectivity index is 2.06. The molecular weight excluding hydrogens is 294 g/mol. The van der Waals surface area contributed by atoms with Crippen LogP contribution in [-0.2, 0) is 4.79 Å². The number of anilines is 1. The Kier molecular flexibility index (Phi) is 4.86. The molecule has 0 aliphatic heterocycles. The molecule has 0 saturated carbocycles. The Bertz CT molecular complexity index is 614. The first-order valence-corrected chi connectivity index (χ1v) is 7.67. The lowest BCUT2D eigenvalue weighted by Crippen LogP contribution is -2.23. The predicted molar refractivity (Wildman–Crippen MR) is 80.3 cm³/mol. The molecule has 7 heteroatoms. The fraction of sp³-hybridized carbons (Fsp3) is 0.231. The van der Waals surface area contributed by atoms with E-state index in [1.165, 1.54) is 30.0 Å². The zero-order valence-electron chi connectivity index (χ0n) is 11.0. The Morgan fingerprint density at radius 1 is 1.35 bits per heavy atom. The summed E-state index contributed by atoms with van der Waals surface area (Å²) in [5.74, 6) is -0.246. The average molecular weight is 307 g/mol. The third kappa shape index (κ3) is 3.64. The van der Waals surface area contributed by atoms with Crippen molar-refractivity contribution >= 4 is 40.5 Å². The van der Waals surface area contributed by atoms with Crippen LogP contribution in [0.4, 0.5) is 5.69 Å². The number of nitrogens with zero attached hydrogens (tertiary/aromatic N) is 2. The van der Waals surface area contributed by atoms with Crippen molar-refractivity contribution in [3.05, 3.63) is 35.3 Å². The highest BCUT2D eigenvalue weighted by Crippen LogP contribution is 2.25. The molecule has 0 aliphatic rings. The van der Waals surface area contributed by atoms with Gasteiger partial charge in [-0.3, -0.25) is 9.59 Å². The molecular formula is C13H13N3O2S2. The number of Topliss-reactive ketones (excluding diaryl/α,β-unsaturated/α-hetero) is 1. The molecule has 0 spiro atoms. The minimum atomic E-state index is -0.317. The summed E-state index contributed by atoms with van der Waals surface area (Å²) in [6.07, 6.45) is 0. The summed E-state index contributed by atoms with van der Waals surface area (Å²) in [6, 6.07) is 6.97. The van der Waals surface area contributed by atoms with Gasteiger partial charge in [0, 0.05) is 5.56 Å². The van der Waals surface area contributed by atoms with Crippen molar-refractivity contribution in [3.8, 4) is 0 Å². The molecule has 2 rings (SSSR count). The second kappa shape index (κ2) is 6.62. The van der Waals surface area contributed by atoms with Crippen LogP contribution in [0.2, 0.25) is 0 Å². The van der Waals surface area contributed by atoms with Crippen molar-refractivity contribution in [1.29, 1.82) is 0 Å². The molecule has 5 nitrogen and oxygen atoms in total. The number of aromatic nitrogens is 2. The summed E-state index contributed by atoms with van der Waals surface area (Å²) in [4.78, 5) is 23.6. The lowest BCUT2D eigenvalue weighted by Gasteiger charge is -2.12. The van der Waals surface area contributed by atoms with Gasteiger partial charge in [-0.1, -0.05) is 35.2 Å². The smallest absolute Gasteiger partial charge is 0.237 e. The Morgan fingerprint density at radius 3 is 2.75 bits per heavy atom. The molecule has 0 saturated heterocycles. The SMILES string of the molecule is CC(=O)c1ccccc1NC(=O)C(C)Sc1nncs1. The fourth-order valence-electron chi connectivity index (χ4n) is 1.55. The molecule has 0 aliphatic carbocycles. The molecule has 1 heterocycles. The van der Waals surface area contributed by atoms with E-state index in [2.05, 4.69) is 15.5 Å². The number of nitrogens with one attached hydrogen (secondary N) is 1. The number of carbonyl (C=O) groups is 2. The number of thioether (sulfide) groups is 1. The molecule has 1 amide bonds. The topological polar surface area (TPSA) is 72.0 Å². The quantitative estimate of drug-likeness (QED) is 0.679. The van der Waals surface area contributed by atoms with Crippen molar-refractivity contribution in [3.63, 3.8) is 0 Å². The lowest BCUT2D eigenvalue weighted by molar-refractivity contribution is -0.115. The van der Waals surface area contributed by atoms with Crippen LogP contribution in [0.25, 0.3) is 0 Å². The second-order valence-corrected chi connectivity index (χ2v) is 6.48. The number of benzene rings is 1. The van der Waals surface area contributed by atoms with E-state index < -0.39 is 0 Å². The maximum atomic E-state index is 12.1. The summed E-state index contributed by atoms with van der Waals surface area (Å²) >= 11 is 2.73. The third-order valence-corrected chi connectivity index (χ3v) is 4.46. The molecule has 0 radical (unpaired) electrons.